The normalized spacial score (nSPS) is 21.6. The number of halogens is 3. The van der Waals surface area contributed by atoms with Gasteiger partial charge in [0.05, 0.1) is 23.1 Å². The molecule has 2 aliphatic rings. The van der Waals surface area contributed by atoms with Gasteiger partial charge in [-0.05, 0) is 55.7 Å². The minimum Gasteiger partial charge on any atom is -0.372 e. The van der Waals surface area contributed by atoms with E-state index in [4.69, 9.17) is 5.26 Å². The van der Waals surface area contributed by atoms with Crippen molar-refractivity contribution >= 4 is 17.5 Å². The number of anilines is 1. The number of nitriles is 1. The first-order chi connectivity index (χ1) is 16.1. The second-order valence-electron chi connectivity index (χ2n) is 9.31. The summed E-state index contributed by atoms with van der Waals surface area (Å²) in [6, 6.07) is 5.46. The Kier molecular flexibility index (Phi) is 8.11. The van der Waals surface area contributed by atoms with E-state index >= 15 is 0 Å². The zero-order chi connectivity index (χ0) is 25.0. The number of alkyl halides is 3. The monoisotopic (exact) mass is 478 g/mol. The van der Waals surface area contributed by atoms with Crippen LogP contribution >= 0.6 is 0 Å². The molecule has 2 fully saturated rings. The van der Waals surface area contributed by atoms with E-state index in [0.29, 0.717) is 31.9 Å². The van der Waals surface area contributed by atoms with E-state index in [9.17, 15) is 22.8 Å². The molecule has 6 nitrogen and oxygen atoms in total. The molecule has 2 atom stereocenters. The fourth-order valence-electron chi connectivity index (χ4n) is 5.49. The molecule has 0 bridgehead atoms. The van der Waals surface area contributed by atoms with Gasteiger partial charge in [-0.1, -0.05) is 13.8 Å². The summed E-state index contributed by atoms with van der Waals surface area (Å²) in [5.41, 5.74) is -0.849. The lowest BCUT2D eigenvalue weighted by atomic mass is 9.78. The van der Waals surface area contributed by atoms with Gasteiger partial charge in [0, 0.05) is 44.8 Å². The first-order valence-corrected chi connectivity index (χ1v) is 12.0. The molecule has 0 aliphatic carbocycles. The molecule has 9 heteroatoms. The summed E-state index contributed by atoms with van der Waals surface area (Å²) in [6.07, 6.45) is -1.60. The van der Waals surface area contributed by atoms with Crippen molar-refractivity contribution in [2.24, 2.45) is 23.7 Å². The van der Waals surface area contributed by atoms with Gasteiger partial charge in [-0.2, -0.15) is 18.4 Å². The molecule has 1 aromatic carbocycles. The molecule has 0 saturated carbocycles. The fraction of sp³-hybridized carbons (Fsp3) is 0.640. The first kappa shape index (κ1) is 25.9. The minimum atomic E-state index is -4.59. The zero-order valence-corrected chi connectivity index (χ0v) is 20.0. The topological polar surface area (TPSA) is 76.4 Å². The molecule has 1 N–H and O–H groups in total. The molecule has 34 heavy (non-hydrogen) atoms. The lowest BCUT2D eigenvalue weighted by Gasteiger charge is -2.37. The van der Waals surface area contributed by atoms with Crippen LogP contribution in [0.5, 0.6) is 0 Å². The van der Waals surface area contributed by atoms with E-state index in [2.05, 4.69) is 5.32 Å². The highest BCUT2D eigenvalue weighted by molar-refractivity contribution is 5.83. The van der Waals surface area contributed by atoms with Crippen molar-refractivity contribution in [1.29, 1.82) is 5.26 Å². The molecular weight excluding hydrogens is 445 g/mol. The third-order valence-electron chi connectivity index (χ3n) is 7.53. The van der Waals surface area contributed by atoms with Crippen molar-refractivity contribution in [3.63, 3.8) is 0 Å². The Hall–Kier alpha value is -2.76. The number of nitrogens with zero attached hydrogens (tertiary/aromatic N) is 3. The van der Waals surface area contributed by atoms with Gasteiger partial charge in [0.15, 0.2) is 0 Å². The van der Waals surface area contributed by atoms with E-state index in [1.54, 1.807) is 19.2 Å². The summed E-state index contributed by atoms with van der Waals surface area (Å²) >= 11 is 0. The molecule has 2 saturated heterocycles. The Morgan fingerprint density at radius 2 is 1.82 bits per heavy atom. The van der Waals surface area contributed by atoms with Crippen molar-refractivity contribution in [1.82, 2.24) is 10.2 Å². The van der Waals surface area contributed by atoms with Crippen molar-refractivity contribution in [3.8, 4) is 6.07 Å². The van der Waals surface area contributed by atoms with Crippen molar-refractivity contribution in [2.75, 3.05) is 38.1 Å². The fourth-order valence-corrected chi connectivity index (χ4v) is 5.49. The Balaban J connectivity index is 1.72. The Morgan fingerprint density at radius 1 is 1.18 bits per heavy atom. The third-order valence-corrected chi connectivity index (χ3v) is 7.53. The van der Waals surface area contributed by atoms with Gasteiger partial charge in [-0.25, -0.2) is 0 Å². The SMILES string of the molecule is CCC(CC)C(=O)N1C[C@@H](C(=O)NC)[C@H](C2CCN(c3ccc(C#N)c(C(F)(F)F)c3)CC2)C1. The van der Waals surface area contributed by atoms with E-state index < -0.39 is 11.7 Å². The van der Waals surface area contributed by atoms with Crippen LogP contribution in [0.15, 0.2) is 18.2 Å². The number of rotatable bonds is 6. The average molecular weight is 479 g/mol. The molecule has 2 aliphatic heterocycles. The maximum atomic E-state index is 13.4. The summed E-state index contributed by atoms with van der Waals surface area (Å²) in [5, 5.41) is 11.8. The van der Waals surface area contributed by atoms with Crippen LogP contribution in [0.3, 0.4) is 0 Å². The van der Waals surface area contributed by atoms with Gasteiger partial charge in [-0.3, -0.25) is 9.59 Å². The van der Waals surface area contributed by atoms with Crippen molar-refractivity contribution in [2.45, 2.75) is 45.7 Å². The van der Waals surface area contributed by atoms with E-state index in [1.807, 2.05) is 23.6 Å². The van der Waals surface area contributed by atoms with Crippen LogP contribution in [0.1, 0.15) is 50.7 Å². The highest BCUT2D eigenvalue weighted by atomic mass is 19.4. The summed E-state index contributed by atoms with van der Waals surface area (Å²) < 4.78 is 40.1. The molecule has 0 spiro atoms. The number of hydrogen-bond acceptors (Lipinski definition) is 4. The highest BCUT2D eigenvalue weighted by Gasteiger charge is 2.44. The van der Waals surface area contributed by atoms with Crippen LogP contribution in [0.4, 0.5) is 18.9 Å². The predicted molar refractivity (Wildman–Crippen MR) is 123 cm³/mol. The average Bonchev–Trinajstić information content (AvgIpc) is 3.29. The number of benzene rings is 1. The van der Waals surface area contributed by atoms with Gasteiger partial charge in [0.2, 0.25) is 11.8 Å². The van der Waals surface area contributed by atoms with Crippen molar-refractivity contribution < 1.29 is 22.8 Å². The molecular formula is C25H33F3N4O2. The summed E-state index contributed by atoms with van der Waals surface area (Å²) in [5.74, 6) is -0.0207. The number of piperidine rings is 1. The van der Waals surface area contributed by atoms with Gasteiger partial charge in [0.1, 0.15) is 0 Å². The Bertz CT molecular complexity index is 931. The lowest BCUT2D eigenvalue weighted by molar-refractivity contribution is -0.138. The Labute approximate surface area is 199 Å². The van der Waals surface area contributed by atoms with Crippen LogP contribution in [0.2, 0.25) is 0 Å². The molecule has 186 valence electrons. The minimum absolute atomic E-state index is 0.0344. The molecule has 0 radical (unpaired) electrons. The van der Waals surface area contributed by atoms with E-state index in [1.165, 1.54) is 6.07 Å². The van der Waals surface area contributed by atoms with Gasteiger partial charge in [-0.15, -0.1) is 0 Å². The summed E-state index contributed by atoms with van der Waals surface area (Å²) in [7, 11) is 1.61. The predicted octanol–water partition coefficient (Wildman–Crippen LogP) is 4.05. The molecule has 2 heterocycles. The number of amides is 2. The Morgan fingerprint density at radius 3 is 2.35 bits per heavy atom. The number of nitrogens with one attached hydrogen (secondary N) is 1. The third kappa shape index (κ3) is 5.31. The standard InChI is InChI=1S/C25H33F3N4O2/c1-4-16(5-2)24(34)32-14-20(21(15-32)23(33)30-3)17-8-10-31(11-9-17)19-7-6-18(13-29)22(12-19)25(26,27)28/h6-7,12,16-17,20-21H,4-5,8-11,14-15H2,1-3H3,(H,30,33)/t20-,21+/m0/s1. The van der Waals surface area contributed by atoms with Crippen LogP contribution in [0, 0.1) is 35.0 Å². The van der Waals surface area contributed by atoms with Gasteiger partial charge >= 0.3 is 6.18 Å². The number of carbonyl (C=O) groups is 2. The zero-order valence-electron chi connectivity index (χ0n) is 20.0. The maximum absolute atomic E-state index is 13.4. The second-order valence-corrected chi connectivity index (χ2v) is 9.31. The van der Waals surface area contributed by atoms with Gasteiger partial charge in [0.25, 0.3) is 0 Å². The van der Waals surface area contributed by atoms with Crippen LogP contribution in [-0.4, -0.2) is 49.9 Å². The van der Waals surface area contributed by atoms with E-state index in [-0.39, 0.29) is 41.0 Å². The summed E-state index contributed by atoms with van der Waals surface area (Å²) in [6.45, 7) is 6.09. The number of carbonyl (C=O) groups excluding carboxylic acids is 2. The van der Waals surface area contributed by atoms with Crippen LogP contribution in [-0.2, 0) is 15.8 Å². The number of likely N-dealkylation sites (tertiary alicyclic amines) is 1. The van der Waals surface area contributed by atoms with E-state index in [0.717, 1.165) is 31.7 Å². The largest absolute Gasteiger partial charge is 0.417 e. The van der Waals surface area contributed by atoms with Crippen molar-refractivity contribution in [3.05, 3.63) is 29.3 Å². The maximum Gasteiger partial charge on any atom is 0.417 e. The molecule has 3 rings (SSSR count). The molecule has 0 aromatic heterocycles. The summed E-state index contributed by atoms with van der Waals surface area (Å²) in [4.78, 5) is 29.3. The number of hydrogen-bond donors (Lipinski definition) is 1. The first-order valence-electron chi connectivity index (χ1n) is 12.0. The lowest BCUT2D eigenvalue weighted by Crippen LogP contribution is -2.41. The molecule has 2 amide bonds. The highest BCUT2D eigenvalue weighted by Crippen LogP contribution is 2.39. The van der Waals surface area contributed by atoms with Crippen LogP contribution in [0.25, 0.3) is 0 Å². The second kappa shape index (κ2) is 10.7. The van der Waals surface area contributed by atoms with Gasteiger partial charge < -0.3 is 15.1 Å². The van der Waals surface area contributed by atoms with Crippen LogP contribution < -0.4 is 10.2 Å². The smallest absolute Gasteiger partial charge is 0.372 e. The molecule has 1 aromatic rings. The quantitative estimate of drug-likeness (QED) is 0.669. The molecule has 0 unspecified atom stereocenters.